The van der Waals surface area contributed by atoms with Gasteiger partial charge in [-0.05, 0) is 29.9 Å². The molecule has 0 atom stereocenters. The third kappa shape index (κ3) is 4.79. The number of urea groups is 1. The lowest BCUT2D eigenvalue weighted by Crippen LogP contribution is -2.36. The van der Waals surface area contributed by atoms with E-state index < -0.39 is 26.9 Å². The van der Waals surface area contributed by atoms with E-state index in [-0.39, 0.29) is 11.8 Å². The second-order valence-corrected chi connectivity index (χ2v) is 8.46. The second-order valence-electron chi connectivity index (χ2n) is 6.86. The number of anilines is 1. The van der Waals surface area contributed by atoms with Crippen LogP contribution in [0, 0.1) is 12.7 Å². The fourth-order valence-electron chi connectivity index (χ4n) is 2.71. The minimum Gasteiger partial charge on any atom is -0.307 e. The zero-order valence-electron chi connectivity index (χ0n) is 15.9. The van der Waals surface area contributed by atoms with Gasteiger partial charge in [-0.25, -0.2) is 23.9 Å². The van der Waals surface area contributed by atoms with Crippen molar-refractivity contribution in [2.45, 2.75) is 51.5 Å². The normalized spacial score (nSPS) is 11.7. The van der Waals surface area contributed by atoms with E-state index >= 15 is 0 Å². The number of nitrogens with one attached hydrogen (secondary N) is 2. The molecule has 146 valence electrons. The van der Waals surface area contributed by atoms with Crippen LogP contribution in [0.25, 0.3) is 0 Å². The summed E-state index contributed by atoms with van der Waals surface area (Å²) in [6.45, 7) is 9.89. The van der Waals surface area contributed by atoms with Gasteiger partial charge in [-0.15, -0.1) is 0 Å². The summed E-state index contributed by atoms with van der Waals surface area (Å²) in [4.78, 5) is 19.2. The van der Waals surface area contributed by atoms with Gasteiger partial charge in [0.15, 0.2) is 5.82 Å². The van der Waals surface area contributed by atoms with Crippen LogP contribution in [0.3, 0.4) is 0 Å². The van der Waals surface area contributed by atoms with Crippen LogP contribution in [0.2, 0.25) is 0 Å². The van der Waals surface area contributed by atoms with Crippen LogP contribution >= 0.6 is 0 Å². The predicted octanol–water partition coefficient (Wildman–Crippen LogP) is 3.68. The molecule has 2 amide bonds. The molecule has 0 aliphatic heterocycles. The number of carbonyl (C=O) groups excluding carboxylic acids is 1. The van der Waals surface area contributed by atoms with Crippen LogP contribution in [-0.2, 0) is 10.0 Å². The zero-order valence-corrected chi connectivity index (χ0v) is 16.7. The number of sulfonamides is 1. The summed E-state index contributed by atoms with van der Waals surface area (Å²) in [5, 5.41) is 1.73. The van der Waals surface area contributed by atoms with Crippen molar-refractivity contribution in [3.8, 4) is 0 Å². The predicted molar refractivity (Wildman–Crippen MR) is 101 cm³/mol. The van der Waals surface area contributed by atoms with Gasteiger partial charge in [0.05, 0.1) is 6.20 Å². The smallest absolute Gasteiger partial charge is 0.307 e. The summed E-state index contributed by atoms with van der Waals surface area (Å²) in [6, 6.07) is 2.91. The number of carbonyl (C=O) groups is 1. The summed E-state index contributed by atoms with van der Waals surface area (Å²) in [5.41, 5.74) is 3.38. The Morgan fingerprint density at radius 1 is 1.11 bits per heavy atom. The molecule has 27 heavy (non-hydrogen) atoms. The number of hydrogen-bond acceptors (Lipinski definition) is 5. The van der Waals surface area contributed by atoms with E-state index in [0.717, 1.165) is 23.0 Å². The molecule has 2 N–H and O–H groups in total. The number of nitrogens with zero attached hydrogens (tertiary/aromatic N) is 2. The van der Waals surface area contributed by atoms with Crippen molar-refractivity contribution in [2.24, 2.45) is 0 Å². The van der Waals surface area contributed by atoms with Crippen LogP contribution in [-0.4, -0.2) is 24.4 Å². The SMILES string of the molecule is Cc1cc(C(C)C)c(NC(=O)NS(=O)(=O)c2ncncc2F)c(C(C)C)c1. The highest BCUT2D eigenvalue weighted by molar-refractivity contribution is 7.90. The third-order valence-electron chi connectivity index (χ3n) is 3.94. The van der Waals surface area contributed by atoms with Gasteiger partial charge in [0, 0.05) is 5.69 Å². The lowest BCUT2D eigenvalue weighted by Gasteiger charge is -2.21. The second kappa shape index (κ2) is 7.99. The molecule has 2 aromatic rings. The van der Waals surface area contributed by atoms with Crippen molar-refractivity contribution in [2.75, 3.05) is 5.32 Å². The molecule has 9 heteroatoms. The number of rotatable bonds is 5. The molecule has 0 unspecified atom stereocenters. The van der Waals surface area contributed by atoms with Crippen LogP contribution in [0.1, 0.15) is 56.2 Å². The molecule has 1 heterocycles. The number of halogens is 1. The van der Waals surface area contributed by atoms with Crippen molar-refractivity contribution in [1.82, 2.24) is 14.7 Å². The Morgan fingerprint density at radius 3 is 2.15 bits per heavy atom. The number of aryl methyl sites for hydroxylation is 1. The fourth-order valence-corrected chi connectivity index (χ4v) is 3.59. The summed E-state index contributed by atoms with van der Waals surface area (Å²) in [7, 11) is -4.47. The molecule has 1 aromatic carbocycles. The lowest BCUT2D eigenvalue weighted by molar-refractivity contribution is 0.256. The Kier molecular flexibility index (Phi) is 6.15. The van der Waals surface area contributed by atoms with Crippen molar-refractivity contribution in [3.63, 3.8) is 0 Å². The Balaban J connectivity index is 2.37. The highest BCUT2D eigenvalue weighted by atomic mass is 32.2. The zero-order chi connectivity index (χ0) is 20.4. The first kappa shape index (κ1) is 20.8. The standard InChI is InChI=1S/C18H23FN4O3S/c1-10(2)13-6-12(5)7-14(11(3)4)16(13)22-18(24)23-27(25,26)17-15(19)8-20-9-21-17/h6-11H,1-5H3,(H2,22,23,24). The molecule has 0 aliphatic rings. The largest absolute Gasteiger partial charge is 0.333 e. The van der Waals surface area contributed by atoms with E-state index in [4.69, 9.17) is 0 Å². The first-order valence-electron chi connectivity index (χ1n) is 8.46. The van der Waals surface area contributed by atoms with Crippen molar-refractivity contribution in [1.29, 1.82) is 0 Å². The summed E-state index contributed by atoms with van der Waals surface area (Å²) in [6.07, 6.45) is 1.61. The van der Waals surface area contributed by atoms with Gasteiger partial charge in [0.2, 0.25) is 5.03 Å². The Bertz CT molecular complexity index is 930. The molecule has 7 nitrogen and oxygen atoms in total. The molecule has 0 spiro atoms. The van der Waals surface area contributed by atoms with Crippen LogP contribution in [0.15, 0.2) is 29.7 Å². The Labute approximate surface area is 158 Å². The minimum absolute atomic E-state index is 0.105. The Morgan fingerprint density at radius 2 is 1.67 bits per heavy atom. The summed E-state index contributed by atoms with van der Waals surface area (Å²) >= 11 is 0. The molecule has 0 bridgehead atoms. The number of amides is 2. The number of aromatic nitrogens is 2. The topological polar surface area (TPSA) is 101 Å². The van der Waals surface area contributed by atoms with E-state index in [1.54, 1.807) is 4.72 Å². The maximum Gasteiger partial charge on any atom is 0.333 e. The first-order chi connectivity index (χ1) is 12.5. The molecule has 0 saturated heterocycles. The van der Waals surface area contributed by atoms with E-state index in [2.05, 4.69) is 15.3 Å². The number of hydrogen-bond donors (Lipinski definition) is 2. The average Bonchev–Trinajstić information content (AvgIpc) is 2.55. The van der Waals surface area contributed by atoms with E-state index in [0.29, 0.717) is 11.9 Å². The number of benzene rings is 1. The van der Waals surface area contributed by atoms with Crippen molar-refractivity contribution in [3.05, 3.63) is 47.2 Å². The molecule has 0 saturated carbocycles. The lowest BCUT2D eigenvalue weighted by atomic mass is 9.90. The summed E-state index contributed by atoms with van der Waals surface area (Å²) in [5.74, 6) is -0.930. The van der Waals surface area contributed by atoms with Crippen molar-refractivity contribution < 1.29 is 17.6 Å². The first-order valence-corrected chi connectivity index (χ1v) is 9.95. The van der Waals surface area contributed by atoms with Crippen LogP contribution < -0.4 is 10.0 Å². The maximum atomic E-state index is 13.7. The Hall–Kier alpha value is -2.55. The van der Waals surface area contributed by atoms with E-state index in [9.17, 15) is 17.6 Å². The molecule has 1 aromatic heterocycles. The molecule has 2 rings (SSSR count). The van der Waals surface area contributed by atoms with Gasteiger partial charge in [0.25, 0.3) is 10.0 Å². The van der Waals surface area contributed by atoms with Gasteiger partial charge in [0.1, 0.15) is 6.33 Å². The van der Waals surface area contributed by atoms with E-state index in [1.165, 1.54) is 0 Å². The van der Waals surface area contributed by atoms with Gasteiger partial charge in [-0.2, -0.15) is 8.42 Å². The van der Waals surface area contributed by atoms with Gasteiger partial charge in [-0.3, -0.25) is 0 Å². The fraction of sp³-hybridized carbons (Fsp3) is 0.389. The van der Waals surface area contributed by atoms with Crippen LogP contribution in [0.5, 0.6) is 0 Å². The van der Waals surface area contributed by atoms with E-state index in [1.807, 2.05) is 46.8 Å². The van der Waals surface area contributed by atoms with Crippen molar-refractivity contribution >= 4 is 21.7 Å². The molecule has 0 aliphatic carbocycles. The maximum absolute atomic E-state index is 13.7. The molecular formula is C18H23FN4O3S. The molecule has 0 radical (unpaired) electrons. The quantitative estimate of drug-likeness (QED) is 0.754. The van der Waals surface area contributed by atoms with Gasteiger partial charge >= 0.3 is 6.03 Å². The van der Waals surface area contributed by atoms with Gasteiger partial charge in [-0.1, -0.05) is 45.4 Å². The summed E-state index contributed by atoms with van der Waals surface area (Å²) < 4.78 is 40.0. The third-order valence-corrected chi connectivity index (χ3v) is 5.21. The average molecular weight is 394 g/mol. The molecular weight excluding hydrogens is 371 g/mol. The monoisotopic (exact) mass is 394 g/mol. The van der Waals surface area contributed by atoms with Crippen LogP contribution in [0.4, 0.5) is 14.9 Å². The highest BCUT2D eigenvalue weighted by Gasteiger charge is 2.25. The minimum atomic E-state index is -4.47. The molecule has 0 fully saturated rings. The van der Waals surface area contributed by atoms with Gasteiger partial charge < -0.3 is 5.32 Å². The highest BCUT2D eigenvalue weighted by Crippen LogP contribution is 2.33.